The zero-order chi connectivity index (χ0) is 13.5. The molecule has 0 saturated heterocycles. The summed E-state index contributed by atoms with van der Waals surface area (Å²) in [6.45, 7) is 2.22. The summed E-state index contributed by atoms with van der Waals surface area (Å²) in [5, 5.41) is 0.206. The van der Waals surface area contributed by atoms with Gasteiger partial charge in [-0.15, -0.1) is 11.6 Å². The van der Waals surface area contributed by atoms with Gasteiger partial charge in [0.2, 0.25) is 0 Å². The Labute approximate surface area is 123 Å². The molecule has 1 heteroatoms. The molecule has 0 bridgehead atoms. The van der Waals surface area contributed by atoms with Crippen LogP contribution in [0, 0.1) is 5.92 Å². The molecule has 0 spiro atoms. The van der Waals surface area contributed by atoms with Gasteiger partial charge in [0.25, 0.3) is 0 Å². The second-order valence-corrected chi connectivity index (χ2v) is 6.57. The van der Waals surface area contributed by atoms with Crippen LogP contribution in [0.2, 0.25) is 0 Å². The fourth-order valence-corrected chi connectivity index (χ4v) is 3.48. The Bertz CT molecular complexity index is 348. The van der Waals surface area contributed by atoms with Crippen molar-refractivity contribution < 1.29 is 0 Å². The maximum Gasteiger partial charge on any atom is 0.0585 e. The first-order chi connectivity index (χ1) is 9.29. The standard InChI is InChI=1S/C18H27Cl/c1-2-6-15-9-12-17(13-10-15)18(19)14-11-16-7-4-3-5-8-16/h9-10,12-13,16,18H,2-8,11,14H2,1H3. The molecule has 2 rings (SSSR count). The lowest BCUT2D eigenvalue weighted by Crippen LogP contribution is -2.07. The van der Waals surface area contributed by atoms with Gasteiger partial charge in [-0.05, 0) is 36.3 Å². The van der Waals surface area contributed by atoms with Crippen LogP contribution >= 0.6 is 11.6 Å². The van der Waals surface area contributed by atoms with Gasteiger partial charge in [-0.3, -0.25) is 0 Å². The summed E-state index contributed by atoms with van der Waals surface area (Å²) in [7, 11) is 0. The monoisotopic (exact) mass is 278 g/mol. The van der Waals surface area contributed by atoms with E-state index in [1.54, 1.807) is 0 Å². The molecule has 1 aromatic rings. The highest BCUT2D eigenvalue weighted by molar-refractivity contribution is 6.20. The van der Waals surface area contributed by atoms with E-state index >= 15 is 0 Å². The largest absolute Gasteiger partial charge is 0.118 e. The molecule has 0 heterocycles. The third-order valence-corrected chi connectivity index (χ3v) is 4.90. The highest BCUT2D eigenvalue weighted by atomic mass is 35.5. The summed E-state index contributed by atoms with van der Waals surface area (Å²) in [6.07, 6.45) is 12.0. The first kappa shape index (κ1) is 14.9. The summed E-state index contributed by atoms with van der Waals surface area (Å²) >= 11 is 6.55. The maximum absolute atomic E-state index is 6.55. The first-order valence-electron chi connectivity index (χ1n) is 8.02. The van der Waals surface area contributed by atoms with Crippen LogP contribution in [0.5, 0.6) is 0 Å². The molecule has 0 aromatic heterocycles. The van der Waals surface area contributed by atoms with E-state index in [1.807, 2.05) is 0 Å². The van der Waals surface area contributed by atoms with E-state index in [0.717, 1.165) is 12.3 Å². The molecule has 0 aliphatic heterocycles. The number of alkyl halides is 1. The van der Waals surface area contributed by atoms with E-state index in [2.05, 4.69) is 31.2 Å². The topological polar surface area (TPSA) is 0 Å². The highest BCUT2D eigenvalue weighted by Gasteiger charge is 2.16. The van der Waals surface area contributed by atoms with Gasteiger partial charge in [-0.2, -0.15) is 0 Å². The van der Waals surface area contributed by atoms with Crippen molar-refractivity contribution in [2.24, 2.45) is 5.92 Å². The van der Waals surface area contributed by atoms with Crippen molar-refractivity contribution in [1.82, 2.24) is 0 Å². The van der Waals surface area contributed by atoms with Gasteiger partial charge in [0.05, 0.1) is 5.38 Å². The molecule has 1 aliphatic rings. The molecular formula is C18H27Cl. The third-order valence-electron chi connectivity index (χ3n) is 4.43. The van der Waals surface area contributed by atoms with Gasteiger partial charge < -0.3 is 0 Å². The fraction of sp³-hybridized carbons (Fsp3) is 0.667. The number of halogens is 1. The second-order valence-electron chi connectivity index (χ2n) is 6.04. The highest BCUT2D eigenvalue weighted by Crippen LogP contribution is 2.33. The molecule has 0 nitrogen and oxygen atoms in total. The summed E-state index contributed by atoms with van der Waals surface area (Å²) < 4.78 is 0. The molecule has 1 aromatic carbocycles. The lowest BCUT2D eigenvalue weighted by molar-refractivity contribution is 0.331. The molecule has 1 unspecified atom stereocenters. The Kier molecular flexibility index (Phi) is 6.23. The van der Waals surface area contributed by atoms with E-state index in [-0.39, 0.29) is 5.38 Å². The summed E-state index contributed by atoms with van der Waals surface area (Å²) in [5.41, 5.74) is 2.74. The van der Waals surface area contributed by atoms with Crippen molar-refractivity contribution >= 4 is 11.6 Å². The number of benzene rings is 1. The third kappa shape index (κ3) is 4.84. The lowest BCUT2D eigenvalue weighted by Gasteiger charge is -2.22. The minimum Gasteiger partial charge on any atom is -0.118 e. The Morgan fingerprint density at radius 2 is 1.79 bits per heavy atom. The van der Waals surface area contributed by atoms with Gasteiger partial charge in [0, 0.05) is 0 Å². The van der Waals surface area contributed by atoms with Crippen molar-refractivity contribution in [3.8, 4) is 0 Å². The van der Waals surface area contributed by atoms with Gasteiger partial charge in [0.1, 0.15) is 0 Å². The number of hydrogen-bond donors (Lipinski definition) is 0. The van der Waals surface area contributed by atoms with Crippen molar-refractivity contribution in [2.45, 2.75) is 70.1 Å². The molecule has 0 radical (unpaired) electrons. The SMILES string of the molecule is CCCc1ccc(C(Cl)CCC2CCCCC2)cc1. The minimum absolute atomic E-state index is 0.206. The smallest absolute Gasteiger partial charge is 0.0585 e. The number of hydrogen-bond acceptors (Lipinski definition) is 0. The molecule has 0 N–H and O–H groups in total. The van der Waals surface area contributed by atoms with Crippen LogP contribution in [0.1, 0.15) is 74.8 Å². The molecule has 1 saturated carbocycles. The zero-order valence-electron chi connectivity index (χ0n) is 12.2. The van der Waals surface area contributed by atoms with Crippen LogP contribution < -0.4 is 0 Å². The molecule has 19 heavy (non-hydrogen) atoms. The van der Waals surface area contributed by atoms with E-state index in [0.29, 0.717) is 0 Å². The Morgan fingerprint density at radius 1 is 1.11 bits per heavy atom. The van der Waals surface area contributed by atoms with E-state index in [9.17, 15) is 0 Å². The van der Waals surface area contributed by atoms with Crippen molar-refractivity contribution in [2.75, 3.05) is 0 Å². The Hall–Kier alpha value is -0.490. The first-order valence-corrected chi connectivity index (χ1v) is 8.46. The predicted molar refractivity (Wildman–Crippen MR) is 84.8 cm³/mol. The van der Waals surface area contributed by atoms with Gasteiger partial charge in [0.15, 0.2) is 0 Å². The number of rotatable bonds is 6. The normalized spacial score (nSPS) is 18.4. The van der Waals surface area contributed by atoms with Crippen molar-refractivity contribution in [3.05, 3.63) is 35.4 Å². The van der Waals surface area contributed by atoms with E-state index in [1.165, 1.54) is 62.5 Å². The van der Waals surface area contributed by atoms with Crippen molar-refractivity contribution in [1.29, 1.82) is 0 Å². The minimum atomic E-state index is 0.206. The summed E-state index contributed by atoms with van der Waals surface area (Å²) in [6, 6.07) is 8.94. The molecule has 106 valence electrons. The van der Waals surface area contributed by atoms with Gasteiger partial charge >= 0.3 is 0 Å². The fourth-order valence-electron chi connectivity index (χ4n) is 3.21. The molecule has 1 aliphatic carbocycles. The summed E-state index contributed by atoms with van der Waals surface area (Å²) in [4.78, 5) is 0. The molecular weight excluding hydrogens is 252 g/mol. The average molecular weight is 279 g/mol. The Morgan fingerprint density at radius 3 is 2.42 bits per heavy atom. The molecule has 1 fully saturated rings. The van der Waals surface area contributed by atoms with Crippen LogP contribution in [0.25, 0.3) is 0 Å². The Balaban J connectivity index is 1.79. The average Bonchev–Trinajstić information content (AvgIpc) is 2.47. The second kappa shape index (κ2) is 7.94. The van der Waals surface area contributed by atoms with Crippen LogP contribution in [-0.4, -0.2) is 0 Å². The summed E-state index contributed by atoms with van der Waals surface area (Å²) in [5.74, 6) is 0.939. The van der Waals surface area contributed by atoms with Gasteiger partial charge in [-0.1, -0.05) is 69.7 Å². The quantitative estimate of drug-likeness (QED) is 0.537. The molecule has 1 atom stereocenters. The van der Waals surface area contributed by atoms with Crippen LogP contribution in [0.3, 0.4) is 0 Å². The van der Waals surface area contributed by atoms with Gasteiger partial charge in [-0.25, -0.2) is 0 Å². The van der Waals surface area contributed by atoms with Crippen LogP contribution in [-0.2, 0) is 6.42 Å². The number of aryl methyl sites for hydroxylation is 1. The molecule has 0 amide bonds. The van der Waals surface area contributed by atoms with Crippen LogP contribution in [0.4, 0.5) is 0 Å². The van der Waals surface area contributed by atoms with E-state index < -0.39 is 0 Å². The maximum atomic E-state index is 6.55. The van der Waals surface area contributed by atoms with Crippen LogP contribution in [0.15, 0.2) is 24.3 Å². The predicted octanol–water partition coefficient (Wildman–Crippen LogP) is 6.28. The van der Waals surface area contributed by atoms with E-state index in [4.69, 9.17) is 11.6 Å². The van der Waals surface area contributed by atoms with Crippen molar-refractivity contribution in [3.63, 3.8) is 0 Å². The lowest BCUT2D eigenvalue weighted by atomic mass is 9.85. The zero-order valence-corrected chi connectivity index (χ0v) is 13.0.